The van der Waals surface area contributed by atoms with Gasteiger partial charge in [-0.05, 0) is 24.3 Å². The molecule has 0 amide bonds. The van der Waals surface area contributed by atoms with Crippen molar-refractivity contribution in [1.29, 1.82) is 0 Å². The van der Waals surface area contributed by atoms with Crippen LogP contribution in [0.5, 0.6) is 0 Å². The van der Waals surface area contributed by atoms with Crippen LogP contribution in [0.1, 0.15) is 0 Å². The molecule has 6 heteroatoms. The summed E-state index contributed by atoms with van der Waals surface area (Å²) in [6, 6.07) is 5.61. The average molecular weight is 270 g/mol. The van der Waals surface area contributed by atoms with E-state index in [2.05, 4.69) is 16.1 Å². The van der Waals surface area contributed by atoms with E-state index in [1.165, 1.54) is 24.3 Å². The Hall–Kier alpha value is -2.68. The molecule has 5 nitrogen and oxygen atoms in total. The molecule has 100 valence electrons. The lowest BCUT2D eigenvalue weighted by molar-refractivity contribution is 0.628. The van der Waals surface area contributed by atoms with Crippen molar-refractivity contribution < 1.29 is 4.39 Å². The fourth-order valence-electron chi connectivity index (χ4n) is 2.22. The van der Waals surface area contributed by atoms with Crippen molar-refractivity contribution in [2.75, 3.05) is 18.0 Å². The van der Waals surface area contributed by atoms with Crippen molar-refractivity contribution in [1.82, 2.24) is 14.8 Å². The molecule has 0 spiro atoms. The van der Waals surface area contributed by atoms with Crippen molar-refractivity contribution in [2.45, 2.75) is 6.54 Å². The Morgan fingerprint density at radius 3 is 2.70 bits per heavy atom. The van der Waals surface area contributed by atoms with Gasteiger partial charge in [0.05, 0.1) is 6.54 Å². The molecule has 2 heterocycles. The fraction of sp³-hybridized carbons (Fsp3) is 0.214. The Labute approximate surface area is 114 Å². The Morgan fingerprint density at radius 1 is 1.25 bits per heavy atom. The molecule has 0 N–H and O–H groups in total. The summed E-state index contributed by atoms with van der Waals surface area (Å²) in [5.41, 5.74) is 0.534. The molecule has 1 aromatic heterocycles. The van der Waals surface area contributed by atoms with Crippen LogP contribution in [0.4, 0.5) is 10.3 Å². The lowest BCUT2D eigenvalue weighted by Gasteiger charge is -2.12. The molecule has 0 unspecified atom stereocenters. The zero-order valence-corrected chi connectivity index (χ0v) is 10.6. The molecule has 20 heavy (non-hydrogen) atoms. The fourth-order valence-corrected chi connectivity index (χ4v) is 2.22. The zero-order chi connectivity index (χ0) is 14.1. The minimum absolute atomic E-state index is 0.219. The van der Waals surface area contributed by atoms with Gasteiger partial charge in [-0.3, -0.25) is 9.36 Å². The monoisotopic (exact) mass is 270 g/mol. The molecule has 0 radical (unpaired) electrons. The topological polar surface area (TPSA) is 51.0 Å². The number of terminal acetylenes is 1. The molecule has 1 aromatic carbocycles. The summed E-state index contributed by atoms with van der Waals surface area (Å²) in [5.74, 6) is 2.65. The van der Waals surface area contributed by atoms with Crippen molar-refractivity contribution >= 4 is 5.95 Å². The van der Waals surface area contributed by atoms with Crippen LogP contribution in [0.25, 0.3) is 11.3 Å². The summed E-state index contributed by atoms with van der Waals surface area (Å²) < 4.78 is 14.5. The molecular weight excluding hydrogens is 259 g/mol. The summed E-state index contributed by atoms with van der Waals surface area (Å²) >= 11 is 0. The average Bonchev–Trinajstić information content (AvgIpc) is 2.85. The third kappa shape index (κ3) is 1.93. The minimum atomic E-state index is -0.358. The van der Waals surface area contributed by atoms with Gasteiger partial charge in [0, 0.05) is 18.7 Å². The minimum Gasteiger partial charge on any atom is -0.328 e. The van der Waals surface area contributed by atoms with Gasteiger partial charge in [-0.1, -0.05) is 5.92 Å². The number of aromatic nitrogens is 3. The molecule has 0 saturated heterocycles. The molecule has 2 aromatic rings. The van der Waals surface area contributed by atoms with Gasteiger partial charge in [-0.25, -0.2) is 4.39 Å². The number of hydrogen-bond donors (Lipinski definition) is 0. The predicted octanol–water partition coefficient (Wildman–Crippen LogP) is 0.898. The van der Waals surface area contributed by atoms with E-state index in [1.807, 2.05) is 4.90 Å². The molecule has 0 bridgehead atoms. The van der Waals surface area contributed by atoms with Crippen LogP contribution in [-0.4, -0.2) is 27.9 Å². The van der Waals surface area contributed by atoms with Crippen molar-refractivity contribution in [3.63, 3.8) is 0 Å². The second-order valence-corrected chi connectivity index (χ2v) is 4.44. The largest absolute Gasteiger partial charge is 0.328 e. The first kappa shape index (κ1) is 12.4. The van der Waals surface area contributed by atoms with E-state index in [9.17, 15) is 9.18 Å². The first-order valence-corrected chi connectivity index (χ1v) is 6.12. The first-order chi connectivity index (χ1) is 9.70. The second-order valence-electron chi connectivity index (χ2n) is 4.44. The van der Waals surface area contributed by atoms with E-state index in [1.54, 1.807) is 4.57 Å². The SMILES string of the molecule is C#CCN1CCn2c1nnc(-c1ccc(F)cc1)c2=O. The van der Waals surface area contributed by atoms with Gasteiger partial charge in [-0.15, -0.1) is 16.6 Å². The highest BCUT2D eigenvalue weighted by Gasteiger charge is 2.23. The van der Waals surface area contributed by atoms with Crippen molar-refractivity contribution in [3.8, 4) is 23.6 Å². The summed E-state index contributed by atoms with van der Waals surface area (Å²) in [6.07, 6.45) is 5.28. The van der Waals surface area contributed by atoms with Crippen LogP contribution in [0.2, 0.25) is 0 Å². The lowest BCUT2D eigenvalue weighted by Crippen LogP contribution is -2.25. The van der Waals surface area contributed by atoms with E-state index in [0.29, 0.717) is 31.1 Å². The van der Waals surface area contributed by atoms with Crippen LogP contribution >= 0.6 is 0 Å². The van der Waals surface area contributed by atoms with Gasteiger partial charge < -0.3 is 4.90 Å². The van der Waals surface area contributed by atoms with E-state index in [-0.39, 0.29) is 17.1 Å². The number of halogens is 1. The van der Waals surface area contributed by atoms with Crippen LogP contribution in [0.15, 0.2) is 29.1 Å². The number of fused-ring (bicyclic) bond motifs is 1. The highest BCUT2D eigenvalue weighted by molar-refractivity contribution is 5.58. The molecule has 0 aliphatic carbocycles. The Bertz CT molecular complexity index is 745. The molecule has 0 atom stereocenters. The molecule has 0 saturated carbocycles. The van der Waals surface area contributed by atoms with Crippen LogP contribution < -0.4 is 10.5 Å². The molecule has 1 aliphatic heterocycles. The third-order valence-electron chi connectivity index (χ3n) is 3.20. The molecular formula is C14H11FN4O. The molecule has 1 aliphatic rings. The maximum Gasteiger partial charge on any atom is 0.281 e. The highest BCUT2D eigenvalue weighted by Crippen LogP contribution is 2.18. The maximum absolute atomic E-state index is 12.9. The number of hydrogen-bond acceptors (Lipinski definition) is 4. The highest BCUT2D eigenvalue weighted by atomic mass is 19.1. The number of benzene rings is 1. The second kappa shape index (κ2) is 4.78. The normalized spacial score (nSPS) is 13.1. The van der Waals surface area contributed by atoms with Crippen LogP contribution in [-0.2, 0) is 6.54 Å². The van der Waals surface area contributed by atoms with Crippen LogP contribution in [0, 0.1) is 18.2 Å². The van der Waals surface area contributed by atoms with E-state index >= 15 is 0 Å². The standard InChI is InChI=1S/C14H11FN4O/c1-2-7-18-8-9-19-13(20)12(16-17-14(18)19)10-3-5-11(15)6-4-10/h1,3-6H,7-9H2. The van der Waals surface area contributed by atoms with E-state index < -0.39 is 0 Å². The maximum atomic E-state index is 12.9. The summed E-state index contributed by atoms with van der Waals surface area (Å²) in [5, 5.41) is 8.03. The summed E-state index contributed by atoms with van der Waals surface area (Å²) in [7, 11) is 0. The quantitative estimate of drug-likeness (QED) is 0.761. The Kier molecular flexibility index (Phi) is 2.95. The summed E-state index contributed by atoms with van der Waals surface area (Å²) in [4.78, 5) is 14.2. The van der Waals surface area contributed by atoms with Gasteiger partial charge in [0.25, 0.3) is 5.56 Å². The number of nitrogens with zero attached hydrogens (tertiary/aromatic N) is 4. The number of anilines is 1. The molecule has 0 fully saturated rings. The van der Waals surface area contributed by atoms with E-state index in [0.717, 1.165) is 0 Å². The third-order valence-corrected chi connectivity index (χ3v) is 3.20. The predicted molar refractivity (Wildman–Crippen MR) is 72.7 cm³/mol. The van der Waals surface area contributed by atoms with E-state index in [4.69, 9.17) is 6.42 Å². The summed E-state index contributed by atoms with van der Waals surface area (Å²) in [6.45, 7) is 1.56. The zero-order valence-electron chi connectivity index (χ0n) is 10.6. The smallest absolute Gasteiger partial charge is 0.281 e. The molecule has 3 rings (SSSR count). The first-order valence-electron chi connectivity index (χ1n) is 6.12. The number of rotatable bonds is 2. The van der Waals surface area contributed by atoms with Crippen molar-refractivity contribution in [2.24, 2.45) is 0 Å². The Balaban J connectivity index is 2.07. The van der Waals surface area contributed by atoms with Crippen molar-refractivity contribution in [3.05, 3.63) is 40.4 Å². The van der Waals surface area contributed by atoms with Gasteiger partial charge in [-0.2, -0.15) is 0 Å². The Morgan fingerprint density at radius 2 is 2.00 bits per heavy atom. The van der Waals surface area contributed by atoms with Gasteiger partial charge in [0.1, 0.15) is 5.82 Å². The van der Waals surface area contributed by atoms with Gasteiger partial charge in [0.2, 0.25) is 5.95 Å². The lowest BCUT2D eigenvalue weighted by atomic mass is 10.1. The van der Waals surface area contributed by atoms with Gasteiger partial charge in [0.15, 0.2) is 5.69 Å². The van der Waals surface area contributed by atoms with Crippen LogP contribution in [0.3, 0.4) is 0 Å². The van der Waals surface area contributed by atoms with Gasteiger partial charge >= 0.3 is 0 Å².